The Morgan fingerprint density at radius 3 is 2.71 bits per heavy atom. The minimum absolute atomic E-state index is 0.234. The Balaban J connectivity index is 2.43. The lowest BCUT2D eigenvalue weighted by molar-refractivity contribution is 0.548. The molecule has 0 unspecified atom stereocenters. The predicted octanol–water partition coefficient (Wildman–Crippen LogP) is 3.20. The highest BCUT2D eigenvalue weighted by Crippen LogP contribution is 2.42. The second-order valence-corrected chi connectivity index (χ2v) is 4.36. The summed E-state index contributed by atoms with van der Waals surface area (Å²) in [5.41, 5.74) is 7.05. The predicted molar refractivity (Wildman–Crippen MR) is 55.8 cm³/mol. The molecule has 0 radical (unpaired) electrons. The van der Waals surface area contributed by atoms with Crippen molar-refractivity contribution in [3.8, 4) is 0 Å². The third kappa shape index (κ3) is 1.64. The van der Waals surface area contributed by atoms with Crippen molar-refractivity contribution in [3.05, 3.63) is 34.1 Å². The summed E-state index contributed by atoms with van der Waals surface area (Å²) in [4.78, 5) is 0. The van der Waals surface area contributed by atoms with Gasteiger partial charge in [0, 0.05) is 16.6 Å². The molecule has 76 valence electrons. The molecule has 1 aromatic carbocycles. The van der Waals surface area contributed by atoms with E-state index in [9.17, 15) is 4.39 Å². The van der Waals surface area contributed by atoms with Crippen molar-refractivity contribution in [2.24, 2.45) is 11.7 Å². The fourth-order valence-electron chi connectivity index (χ4n) is 1.67. The Kier molecular flexibility index (Phi) is 2.50. The normalized spacial score (nSPS) is 18.3. The Bertz CT molecular complexity index is 361. The lowest BCUT2D eigenvalue weighted by atomic mass is 10.0. The third-order valence-corrected chi connectivity index (χ3v) is 3.11. The summed E-state index contributed by atoms with van der Waals surface area (Å²) >= 11 is 5.95. The number of rotatable bonds is 2. The van der Waals surface area contributed by atoms with Gasteiger partial charge in [0.15, 0.2) is 0 Å². The van der Waals surface area contributed by atoms with Gasteiger partial charge in [0.05, 0.1) is 0 Å². The Labute approximate surface area is 88.1 Å². The van der Waals surface area contributed by atoms with Crippen LogP contribution >= 0.6 is 11.6 Å². The monoisotopic (exact) mass is 213 g/mol. The molecule has 1 nitrogen and oxygen atoms in total. The van der Waals surface area contributed by atoms with E-state index < -0.39 is 0 Å². The summed E-state index contributed by atoms with van der Waals surface area (Å²) in [6, 6.07) is 3.17. The first-order valence-corrected chi connectivity index (χ1v) is 5.19. The van der Waals surface area contributed by atoms with Crippen LogP contribution in [-0.4, -0.2) is 0 Å². The molecule has 2 N–H and O–H groups in total. The third-order valence-electron chi connectivity index (χ3n) is 2.78. The lowest BCUT2D eigenvalue weighted by Crippen LogP contribution is -2.15. The zero-order valence-electron chi connectivity index (χ0n) is 8.06. The van der Waals surface area contributed by atoms with Gasteiger partial charge in [0.25, 0.3) is 0 Å². The van der Waals surface area contributed by atoms with Crippen molar-refractivity contribution in [1.82, 2.24) is 0 Å². The van der Waals surface area contributed by atoms with Crippen molar-refractivity contribution in [2.75, 3.05) is 0 Å². The molecule has 0 spiro atoms. The average molecular weight is 214 g/mol. The molecule has 14 heavy (non-hydrogen) atoms. The second-order valence-electron chi connectivity index (χ2n) is 3.96. The number of hydrogen-bond donors (Lipinski definition) is 1. The van der Waals surface area contributed by atoms with Crippen molar-refractivity contribution in [1.29, 1.82) is 0 Å². The molecule has 1 saturated carbocycles. The quantitative estimate of drug-likeness (QED) is 0.802. The van der Waals surface area contributed by atoms with Crippen LogP contribution in [0, 0.1) is 18.7 Å². The van der Waals surface area contributed by atoms with Crippen LogP contribution in [0.15, 0.2) is 12.1 Å². The van der Waals surface area contributed by atoms with Crippen molar-refractivity contribution < 1.29 is 4.39 Å². The van der Waals surface area contributed by atoms with Gasteiger partial charge in [0.2, 0.25) is 0 Å². The summed E-state index contributed by atoms with van der Waals surface area (Å²) in [6.45, 7) is 1.73. The fraction of sp³-hybridized carbons (Fsp3) is 0.455. The van der Waals surface area contributed by atoms with E-state index in [2.05, 4.69) is 0 Å². The number of nitrogens with two attached hydrogens (primary N) is 1. The van der Waals surface area contributed by atoms with Crippen LogP contribution in [0.25, 0.3) is 0 Å². The molecule has 3 heteroatoms. The minimum Gasteiger partial charge on any atom is -0.324 e. The highest BCUT2D eigenvalue weighted by molar-refractivity contribution is 6.31. The SMILES string of the molecule is Cc1ccc(Cl)c([C@@H](N)C2CC2)c1F. The van der Waals surface area contributed by atoms with E-state index in [-0.39, 0.29) is 11.9 Å². The first-order valence-electron chi connectivity index (χ1n) is 4.81. The second kappa shape index (κ2) is 3.52. The molecule has 2 rings (SSSR count). The van der Waals surface area contributed by atoms with Crippen LogP contribution in [0.2, 0.25) is 5.02 Å². The van der Waals surface area contributed by atoms with E-state index in [0.29, 0.717) is 22.1 Å². The van der Waals surface area contributed by atoms with Crippen LogP contribution in [0.5, 0.6) is 0 Å². The van der Waals surface area contributed by atoms with Crippen LogP contribution in [0.1, 0.15) is 30.0 Å². The molecular formula is C11H13ClFN. The molecule has 1 aliphatic rings. The molecule has 0 bridgehead atoms. The van der Waals surface area contributed by atoms with Crippen molar-refractivity contribution >= 4 is 11.6 Å². The summed E-state index contributed by atoms with van der Waals surface area (Å²) in [6.07, 6.45) is 2.18. The van der Waals surface area contributed by atoms with Gasteiger partial charge in [-0.25, -0.2) is 4.39 Å². The number of benzene rings is 1. The van der Waals surface area contributed by atoms with Gasteiger partial charge in [-0.1, -0.05) is 17.7 Å². The number of hydrogen-bond acceptors (Lipinski definition) is 1. The maximum atomic E-state index is 13.7. The van der Waals surface area contributed by atoms with E-state index in [0.717, 1.165) is 12.8 Å². The Hall–Kier alpha value is -0.600. The van der Waals surface area contributed by atoms with E-state index in [4.69, 9.17) is 17.3 Å². The maximum Gasteiger partial charge on any atom is 0.132 e. The lowest BCUT2D eigenvalue weighted by Gasteiger charge is -2.14. The summed E-state index contributed by atoms with van der Waals surface area (Å²) in [5, 5.41) is 0.451. The first-order chi connectivity index (χ1) is 6.61. The highest BCUT2D eigenvalue weighted by Gasteiger charge is 2.32. The Morgan fingerprint density at radius 2 is 2.14 bits per heavy atom. The van der Waals surface area contributed by atoms with Crippen LogP contribution in [0.3, 0.4) is 0 Å². The number of aryl methyl sites for hydroxylation is 1. The van der Waals surface area contributed by atoms with Gasteiger partial charge >= 0.3 is 0 Å². The minimum atomic E-state index is -0.239. The summed E-state index contributed by atoms with van der Waals surface area (Å²) in [7, 11) is 0. The van der Waals surface area contributed by atoms with E-state index in [1.807, 2.05) is 0 Å². The molecule has 1 aliphatic carbocycles. The maximum absolute atomic E-state index is 13.7. The topological polar surface area (TPSA) is 26.0 Å². The van der Waals surface area contributed by atoms with Gasteiger partial charge in [-0.15, -0.1) is 0 Å². The summed E-state index contributed by atoms with van der Waals surface area (Å²) in [5.74, 6) is 0.181. The molecule has 1 fully saturated rings. The molecule has 1 atom stereocenters. The zero-order valence-corrected chi connectivity index (χ0v) is 8.81. The molecular weight excluding hydrogens is 201 g/mol. The van der Waals surface area contributed by atoms with Gasteiger partial charge in [0.1, 0.15) is 5.82 Å². The highest BCUT2D eigenvalue weighted by atomic mass is 35.5. The molecule has 0 aromatic heterocycles. The van der Waals surface area contributed by atoms with Crippen LogP contribution in [0.4, 0.5) is 4.39 Å². The van der Waals surface area contributed by atoms with Crippen molar-refractivity contribution in [3.63, 3.8) is 0 Å². The largest absolute Gasteiger partial charge is 0.324 e. The molecule has 0 amide bonds. The van der Waals surface area contributed by atoms with Gasteiger partial charge in [-0.2, -0.15) is 0 Å². The fourth-order valence-corrected chi connectivity index (χ4v) is 1.95. The van der Waals surface area contributed by atoms with Gasteiger partial charge in [-0.05, 0) is 37.3 Å². The van der Waals surface area contributed by atoms with E-state index in [1.165, 1.54) is 0 Å². The Morgan fingerprint density at radius 1 is 1.50 bits per heavy atom. The smallest absolute Gasteiger partial charge is 0.132 e. The van der Waals surface area contributed by atoms with Crippen LogP contribution in [-0.2, 0) is 0 Å². The van der Waals surface area contributed by atoms with E-state index >= 15 is 0 Å². The average Bonchev–Trinajstić information content (AvgIpc) is 2.95. The molecule has 0 heterocycles. The molecule has 1 aromatic rings. The van der Waals surface area contributed by atoms with E-state index in [1.54, 1.807) is 19.1 Å². The molecule has 0 saturated heterocycles. The standard InChI is InChI=1S/C11H13ClFN/c1-6-2-5-8(12)9(10(6)13)11(14)7-3-4-7/h2,5,7,11H,3-4,14H2,1H3/t11-/m0/s1. The van der Waals surface area contributed by atoms with Crippen LogP contribution < -0.4 is 5.73 Å². The molecule has 0 aliphatic heterocycles. The first kappa shape index (κ1) is 9.94. The zero-order chi connectivity index (χ0) is 10.3. The van der Waals surface area contributed by atoms with Gasteiger partial charge in [-0.3, -0.25) is 0 Å². The number of halogens is 2. The van der Waals surface area contributed by atoms with Crippen molar-refractivity contribution in [2.45, 2.75) is 25.8 Å². The summed E-state index contributed by atoms with van der Waals surface area (Å²) < 4.78 is 13.7. The van der Waals surface area contributed by atoms with Gasteiger partial charge < -0.3 is 5.73 Å².